The summed E-state index contributed by atoms with van der Waals surface area (Å²) in [5.41, 5.74) is 2.69. The van der Waals surface area contributed by atoms with E-state index in [-0.39, 0.29) is 11.9 Å². The van der Waals surface area contributed by atoms with Gasteiger partial charge in [-0.2, -0.15) is 0 Å². The van der Waals surface area contributed by atoms with Gasteiger partial charge in [-0.3, -0.25) is 4.79 Å². The molecule has 2 atom stereocenters. The number of carbonyl (C=O) groups excluding carboxylic acids is 1. The van der Waals surface area contributed by atoms with Crippen molar-refractivity contribution >= 4 is 11.5 Å². The summed E-state index contributed by atoms with van der Waals surface area (Å²) in [6, 6.07) is 10.5. The lowest BCUT2D eigenvalue weighted by Gasteiger charge is -2.32. The molecule has 3 rings (SSSR count). The summed E-state index contributed by atoms with van der Waals surface area (Å²) in [6.07, 6.45) is 5.20. The molecule has 0 N–H and O–H groups in total. The molecule has 2 heteroatoms. The average molecular weight is 228 g/mol. The Bertz CT molecular complexity index is 447. The van der Waals surface area contributed by atoms with E-state index in [1.165, 1.54) is 11.1 Å². The second kappa shape index (κ2) is 4.36. The van der Waals surface area contributed by atoms with E-state index < -0.39 is 0 Å². The largest absolute Gasteiger partial charge is 0.465 e. The van der Waals surface area contributed by atoms with E-state index >= 15 is 0 Å². The third-order valence-corrected chi connectivity index (χ3v) is 3.80. The molecular formula is C15H16O2. The third kappa shape index (κ3) is 1.99. The molecule has 17 heavy (non-hydrogen) atoms. The topological polar surface area (TPSA) is 26.3 Å². The van der Waals surface area contributed by atoms with Crippen LogP contribution in [-0.4, -0.2) is 12.6 Å². The van der Waals surface area contributed by atoms with Crippen molar-refractivity contribution in [3.63, 3.8) is 0 Å². The fourth-order valence-electron chi connectivity index (χ4n) is 2.86. The molecule has 0 aromatic heterocycles. The Balaban J connectivity index is 1.87. The Kier molecular flexibility index (Phi) is 2.71. The number of cyclic esters (lactones) is 1. The van der Waals surface area contributed by atoms with Gasteiger partial charge in [0.2, 0.25) is 0 Å². The molecule has 88 valence electrons. The van der Waals surface area contributed by atoms with Crippen molar-refractivity contribution in [1.29, 1.82) is 0 Å². The van der Waals surface area contributed by atoms with Gasteiger partial charge in [0.15, 0.2) is 0 Å². The zero-order chi connectivity index (χ0) is 11.7. The molecule has 1 aliphatic carbocycles. The number of hydrogen-bond donors (Lipinski definition) is 0. The highest BCUT2D eigenvalue weighted by atomic mass is 16.5. The molecule has 1 saturated heterocycles. The van der Waals surface area contributed by atoms with Crippen LogP contribution < -0.4 is 0 Å². The van der Waals surface area contributed by atoms with Gasteiger partial charge in [-0.15, -0.1) is 0 Å². The Hall–Kier alpha value is -1.57. The lowest BCUT2D eigenvalue weighted by Crippen LogP contribution is -2.33. The first kappa shape index (κ1) is 10.6. The Labute approximate surface area is 101 Å². The van der Waals surface area contributed by atoms with Gasteiger partial charge >= 0.3 is 5.97 Å². The van der Waals surface area contributed by atoms with Crippen LogP contribution in [0.1, 0.15) is 24.8 Å². The maximum atomic E-state index is 11.6. The summed E-state index contributed by atoms with van der Waals surface area (Å²) in [6.45, 7) is 0.582. The molecule has 0 spiro atoms. The molecule has 0 saturated carbocycles. The fourth-order valence-corrected chi connectivity index (χ4v) is 2.86. The first-order chi connectivity index (χ1) is 8.34. The average Bonchev–Trinajstić information content (AvgIpc) is 2.40. The van der Waals surface area contributed by atoms with Crippen molar-refractivity contribution < 1.29 is 9.53 Å². The highest BCUT2D eigenvalue weighted by Crippen LogP contribution is 2.38. The molecule has 0 unspecified atom stereocenters. The van der Waals surface area contributed by atoms with Gasteiger partial charge in [0.1, 0.15) is 0 Å². The van der Waals surface area contributed by atoms with E-state index in [0.717, 1.165) is 19.3 Å². The van der Waals surface area contributed by atoms with Crippen LogP contribution in [0.4, 0.5) is 0 Å². The summed E-state index contributed by atoms with van der Waals surface area (Å²) in [7, 11) is 0. The normalized spacial score (nSPS) is 28.0. The fraction of sp³-hybridized carbons (Fsp3) is 0.400. The van der Waals surface area contributed by atoms with Crippen LogP contribution in [-0.2, 0) is 9.53 Å². The highest BCUT2D eigenvalue weighted by molar-refractivity contribution is 5.77. The molecule has 2 aliphatic rings. The number of ether oxygens (including phenoxy) is 1. The lowest BCUT2D eigenvalue weighted by molar-refractivity contribution is -0.155. The first-order valence-electron chi connectivity index (χ1n) is 6.27. The van der Waals surface area contributed by atoms with E-state index in [1.54, 1.807) is 0 Å². The van der Waals surface area contributed by atoms with Gasteiger partial charge in [-0.05, 0) is 36.3 Å². The van der Waals surface area contributed by atoms with Crippen molar-refractivity contribution in [2.24, 2.45) is 11.8 Å². The molecule has 1 aromatic carbocycles. The second-order valence-corrected chi connectivity index (χ2v) is 4.82. The van der Waals surface area contributed by atoms with Gasteiger partial charge in [-0.1, -0.05) is 36.4 Å². The zero-order valence-electron chi connectivity index (χ0n) is 9.76. The second-order valence-electron chi connectivity index (χ2n) is 4.82. The van der Waals surface area contributed by atoms with Crippen LogP contribution in [0.15, 0.2) is 36.4 Å². The van der Waals surface area contributed by atoms with E-state index in [0.29, 0.717) is 12.5 Å². The van der Waals surface area contributed by atoms with Crippen LogP contribution in [0, 0.1) is 11.8 Å². The van der Waals surface area contributed by atoms with Gasteiger partial charge in [0, 0.05) is 0 Å². The molecule has 0 amide bonds. The molecule has 1 heterocycles. The van der Waals surface area contributed by atoms with Crippen molar-refractivity contribution in [1.82, 2.24) is 0 Å². The summed E-state index contributed by atoms with van der Waals surface area (Å²) < 4.78 is 5.12. The van der Waals surface area contributed by atoms with Crippen LogP contribution in [0.5, 0.6) is 0 Å². The Morgan fingerprint density at radius 1 is 1.12 bits per heavy atom. The first-order valence-corrected chi connectivity index (χ1v) is 6.27. The molecule has 1 aliphatic heterocycles. The van der Waals surface area contributed by atoms with Crippen molar-refractivity contribution in [3.05, 3.63) is 42.0 Å². The van der Waals surface area contributed by atoms with E-state index in [1.807, 2.05) is 6.07 Å². The van der Waals surface area contributed by atoms with Crippen LogP contribution in [0.3, 0.4) is 0 Å². The predicted octanol–water partition coefficient (Wildman–Crippen LogP) is 3.04. The molecule has 1 aromatic rings. The number of fused-ring (bicyclic) bond motifs is 1. The minimum absolute atomic E-state index is 0.00427. The molecule has 1 fully saturated rings. The monoisotopic (exact) mass is 228 g/mol. The Morgan fingerprint density at radius 2 is 1.94 bits per heavy atom. The Morgan fingerprint density at radius 3 is 2.76 bits per heavy atom. The third-order valence-electron chi connectivity index (χ3n) is 3.80. The quantitative estimate of drug-likeness (QED) is 0.690. The maximum absolute atomic E-state index is 11.6. The smallest absolute Gasteiger partial charge is 0.309 e. The molecule has 0 bridgehead atoms. The number of benzene rings is 1. The summed E-state index contributed by atoms with van der Waals surface area (Å²) >= 11 is 0. The van der Waals surface area contributed by atoms with E-state index in [9.17, 15) is 4.79 Å². The van der Waals surface area contributed by atoms with Crippen LogP contribution in [0.25, 0.3) is 5.57 Å². The minimum atomic E-state index is 0.00427. The van der Waals surface area contributed by atoms with E-state index in [4.69, 9.17) is 4.74 Å². The summed E-state index contributed by atoms with van der Waals surface area (Å²) in [5.74, 6) is 0.501. The number of allylic oxidation sites excluding steroid dienone is 2. The number of hydrogen-bond acceptors (Lipinski definition) is 2. The van der Waals surface area contributed by atoms with Crippen molar-refractivity contribution in [2.45, 2.75) is 19.3 Å². The highest BCUT2D eigenvalue weighted by Gasteiger charge is 2.34. The zero-order valence-corrected chi connectivity index (χ0v) is 9.76. The SMILES string of the molecule is O=C1OCC[C@H]2C=C(c3ccccc3)CC[C@@H]12. The summed E-state index contributed by atoms with van der Waals surface area (Å²) in [5, 5.41) is 0. The number of carbonyl (C=O) groups is 1. The lowest BCUT2D eigenvalue weighted by atomic mass is 9.76. The minimum Gasteiger partial charge on any atom is -0.465 e. The van der Waals surface area contributed by atoms with Gasteiger partial charge < -0.3 is 4.74 Å². The van der Waals surface area contributed by atoms with E-state index in [2.05, 4.69) is 30.3 Å². The van der Waals surface area contributed by atoms with Crippen LogP contribution >= 0.6 is 0 Å². The maximum Gasteiger partial charge on any atom is 0.309 e. The van der Waals surface area contributed by atoms with Gasteiger partial charge in [0.05, 0.1) is 12.5 Å². The van der Waals surface area contributed by atoms with Gasteiger partial charge in [0.25, 0.3) is 0 Å². The molecule has 2 nitrogen and oxygen atoms in total. The van der Waals surface area contributed by atoms with Crippen LogP contribution in [0.2, 0.25) is 0 Å². The number of rotatable bonds is 1. The number of esters is 1. The van der Waals surface area contributed by atoms with Crippen molar-refractivity contribution in [2.75, 3.05) is 6.61 Å². The van der Waals surface area contributed by atoms with Crippen molar-refractivity contribution in [3.8, 4) is 0 Å². The standard InChI is InChI=1S/C15H16O2/c16-15-14-7-6-12(10-13(14)8-9-17-15)11-4-2-1-3-5-11/h1-5,10,13-14H,6-9H2/t13-,14+/m0/s1. The predicted molar refractivity (Wildman–Crippen MR) is 66.2 cm³/mol. The van der Waals surface area contributed by atoms with Gasteiger partial charge in [-0.25, -0.2) is 0 Å². The summed E-state index contributed by atoms with van der Waals surface area (Å²) in [4.78, 5) is 11.6. The molecule has 0 radical (unpaired) electrons. The molecular weight excluding hydrogens is 212 g/mol.